The standard InChI is InChI=1S/C27H26FN3O2/c1-20(19-33-2)31(23-8-4-3-5-9-23)27(32)18-30-25-11-7-6-10-24(25)29-26(30)17-14-21-12-15-22(28)16-13-21/h3-17,20H,18-19H2,1-2H3/b17-14+/t20-/m0/s1. The lowest BCUT2D eigenvalue weighted by Gasteiger charge is -2.29. The molecule has 0 fully saturated rings. The molecule has 0 N–H and O–H groups in total. The molecular formula is C27H26FN3O2. The molecule has 0 spiro atoms. The van der Waals surface area contributed by atoms with Crippen LogP contribution < -0.4 is 4.90 Å². The fourth-order valence-electron chi connectivity index (χ4n) is 3.89. The number of hydrogen-bond acceptors (Lipinski definition) is 3. The minimum atomic E-state index is -0.281. The van der Waals surface area contributed by atoms with E-state index >= 15 is 0 Å². The lowest BCUT2D eigenvalue weighted by molar-refractivity contribution is -0.119. The molecule has 0 radical (unpaired) electrons. The average Bonchev–Trinajstić information content (AvgIpc) is 3.17. The van der Waals surface area contributed by atoms with Crippen molar-refractivity contribution in [3.05, 3.63) is 96.1 Å². The number of nitrogens with zero attached hydrogens (tertiary/aromatic N) is 3. The first-order valence-electron chi connectivity index (χ1n) is 10.8. The Morgan fingerprint density at radius 2 is 1.73 bits per heavy atom. The smallest absolute Gasteiger partial charge is 0.247 e. The van der Waals surface area contributed by atoms with Gasteiger partial charge >= 0.3 is 0 Å². The van der Waals surface area contributed by atoms with Crippen molar-refractivity contribution < 1.29 is 13.9 Å². The predicted molar refractivity (Wildman–Crippen MR) is 130 cm³/mol. The summed E-state index contributed by atoms with van der Waals surface area (Å²) in [5, 5.41) is 0. The van der Waals surface area contributed by atoms with Gasteiger partial charge in [-0.15, -0.1) is 0 Å². The highest BCUT2D eigenvalue weighted by atomic mass is 19.1. The molecule has 0 bridgehead atoms. The number of carbonyl (C=O) groups excluding carboxylic acids is 1. The number of amides is 1. The third-order valence-electron chi connectivity index (χ3n) is 5.42. The van der Waals surface area contributed by atoms with Crippen LogP contribution in [-0.2, 0) is 16.1 Å². The van der Waals surface area contributed by atoms with Crippen LogP contribution in [-0.4, -0.2) is 35.2 Å². The first-order valence-corrected chi connectivity index (χ1v) is 10.8. The molecule has 0 unspecified atom stereocenters. The van der Waals surface area contributed by atoms with Gasteiger partial charge in [0.1, 0.15) is 18.2 Å². The van der Waals surface area contributed by atoms with E-state index in [0.717, 1.165) is 22.3 Å². The van der Waals surface area contributed by atoms with Crippen molar-refractivity contribution in [1.29, 1.82) is 0 Å². The maximum Gasteiger partial charge on any atom is 0.247 e. The van der Waals surface area contributed by atoms with Crippen LogP contribution in [0.1, 0.15) is 18.3 Å². The molecule has 0 aliphatic carbocycles. The normalized spacial score (nSPS) is 12.3. The number of carbonyl (C=O) groups is 1. The van der Waals surface area contributed by atoms with E-state index < -0.39 is 0 Å². The van der Waals surface area contributed by atoms with Crippen molar-refractivity contribution in [3.8, 4) is 0 Å². The number of halogens is 1. The Kier molecular flexibility index (Phi) is 6.95. The Labute approximate surface area is 192 Å². The third-order valence-corrected chi connectivity index (χ3v) is 5.42. The Morgan fingerprint density at radius 3 is 2.45 bits per heavy atom. The first-order chi connectivity index (χ1) is 16.1. The Hall–Kier alpha value is -3.77. The minimum absolute atomic E-state index is 0.0645. The molecule has 33 heavy (non-hydrogen) atoms. The molecule has 5 nitrogen and oxygen atoms in total. The van der Waals surface area contributed by atoms with Gasteiger partial charge in [-0.1, -0.05) is 48.5 Å². The zero-order chi connectivity index (χ0) is 23.2. The van der Waals surface area contributed by atoms with Crippen LogP contribution in [0, 0.1) is 5.82 Å². The second-order valence-electron chi connectivity index (χ2n) is 7.83. The summed E-state index contributed by atoms with van der Waals surface area (Å²) in [6.45, 7) is 2.50. The van der Waals surface area contributed by atoms with Crippen LogP contribution in [0.5, 0.6) is 0 Å². The highest BCUT2D eigenvalue weighted by molar-refractivity contribution is 5.95. The lowest BCUT2D eigenvalue weighted by Crippen LogP contribution is -2.43. The van der Waals surface area contributed by atoms with Gasteiger partial charge in [-0.2, -0.15) is 0 Å². The fourth-order valence-corrected chi connectivity index (χ4v) is 3.89. The van der Waals surface area contributed by atoms with Gasteiger partial charge in [0.2, 0.25) is 5.91 Å². The van der Waals surface area contributed by atoms with E-state index in [9.17, 15) is 9.18 Å². The zero-order valence-electron chi connectivity index (χ0n) is 18.7. The third kappa shape index (κ3) is 5.18. The quantitative estimate of drug-likeness (QED) is 0.366. The molecular weight excluding hydrogens is 417 g/mol. The van der Waals surface area contributed by atoms with Crippen LogP contribution in [0.2, 0.25) is 0 Å². The fraction of sp³-hybridized carbons (Fsp3) is 0.185. The Balaban J connectivity index is 1.69. The van der Waals surface area contributed by atoms with Crippen LogP contribution in [0.4, 0.5) is 10.1 Å². The number of hydrogen-bond donors (Lipinski definition) is 0. The number of benzene rings is 3. The van der Waals surface area contributed by atoms with Gasteiger partial charge < -0.3 is 14.2 Å². The summed E-state index contributed by atoms with van der Waals surface area (Å²) in [7, 11) is 1.63. The van der Waals surface area contributed by atoms with Crippen molar-refractivity contribution in [2.75, 3.05) is 18.6 Å². The van der Waals surface area contributed by atoms with E-state index in [0.29, 0.717) is 12.4 Å². The number of fused-ring (bicyclic) bond motifs is 1. The van der Waals surface area contributed by atoms with Crippen molar-refractivity contribution in [2.45, 2.75) is 19.5 Å². The van der Waals surface area contributed by atoms with Gasteiger partial charge in [0, 0.05) is 12.8 Å². The number of aromatic nitrogens is 2. The van der Waals surface area contributed by atoms with Crippen LogP contribution in [0.25, 0.3) is 23.2 Å². The molecule has 0 aliphatic rings. The maximum atomic E-state index is 13.6. The average molecular weight is 444 g/mol. The van der Waals surface area contributed by atoms with Gasteiger partial charge in [0.15, 0.2) is 0 Å². The van der Waals surface area contributed by atoms with E-state index in [2.05, 4.69) is 0 Å². The largest absolute Gasteiger partial charge is 0.383 e. The van der Waals surface area contributed by atoms with Gasteiger partial charge in [-0.25, -0.2) is 9.37 Å². The molecule has 0 saturated heterocycles. The molecule has 4 aromatic rings. The number of rotatable bonds is 8. The monoisotopic (exact) mass is 443 g/mol. The summed E-state index contributed by atoms with van der Waals surface area (Å²) >= 11 is 0. The second kappa shape index (κ2) is 10.2. The summed E-state index contributed by atoms with van der Waals surface area (Å²) in [5.41, 5.74) is 3.35. The van der Waals surface area contributed by atoms with Crippen LogP contribution in [0.3, 0.4) is 0 Å². The van der Waals surface area contributed by atoms with Crippen molar-refractivity contribution >= 4 is 34.8 Å². The number of imidazole rings is 1. The highest BCUT2D eigenvalue weighted by Gasteiger charge is 2.23. The van der Waals surface area contributed by atoms with Crippen LogP contribution >= 0.6 is 0 Å². The Morgan fingerprint density at radius 1 is 1.03 bits per heavy atom. The molecule has 168 valence electrons. The van der Waals surface area contributed by atoms with Crippen molar-refractivity contribution in [1.82, 2.24) is 9.55 Å². The summed E-state index contributed by atoms with van der Waals surface area (Å²) in [5.74, 6) is 0.308. The molecule has 0 saturated carbocycles. The first kappa shape index (κ1) is 22.4. The van der Waals surface area contributed by atoms with E-state index in [-0.39, 0.29) is 24.3 Å². The number of methoxy groups -OCH3 is 1. The number of para-hydroxylation sites is 3. The summed E-state index contributed by atoms with van der Waals surface area (Å²) < 4.78 is 20.5. The Bertz CT molecular complexity index is 1250. The predicted octanol–water partition coefficient (Wildman–Crippen LogP) is 5.41. The molecule has 1 heterocycles. The molecule has 0 aliphatic heterocycles. The molecule has 1 aromatic heterocycles. The van der Waals surface area contributed by atoms with E-state index in [1.807, 2.05) is 78.2 Å². The zero-order valence-corrected chi connectivity index (χ0v) is 18.7. The van der Waals surface area contributed by atoms with Crippen LogP contribution in [0.15, 0.2) is 78.9 Å². The molecule has 4 rings (SSSR count). The number of ether oxygens (including phenoxy) is 1. The SMILES string of the molecule is COC[C@H](C)N(C(=O)Cn1c(/C=C/c2ccc(F)cc2)nc2ccccc21)c1ccccc1. The van der Waals surface area contributed by atoms with E-state index in [4.69, 9.17) is 9.72 Å². The van der Waals surface area contributed by atoms with Gasteiger partial charge in [0.05, 0.1) is 23.7 Å². The summed E-state index contributed by atoms with van der Waals surface area (Å²) in [4.78, 5) is 20.1. The van der Waals surface area contributed by atoms with Gasteiger partial charge in [0.25, 0.3) is 0 Å². The molecule has 1 atom stereocenters. The molecule has 1 amide bonds. The van der Waals surface area contributed by atoms with Crippen molar-refractivity contribution in [3.63, 3.8) is 0 Å². The topological polar surface area (TPSA) is 47.4 Å². The minimum Gasteiger partial charge on any atom is -0.383 e. The van der Waals surface area contributed by atoms with E-state index in [1.54, 1.807) is 24.1 Å². The summed E-state index contributed by atoms with van der Waals surface area (Å²) in [6, 6.07) is 23.4. The number of anilines is 1. The van der Waals surface area contributed by atoms with E-state index in [1.165, 1.54) is 12.1 Å². The van der Waals surface area contributed by atoms with Gasteiger partial charge in [-0.3, -0.25) is 4.79 Å². The molecule has 6 heteroatoms. The van der Waals surface area contributed by atoms with Gasteiger partial charge in [-0.05, 0) is 55.0 Å². The maximum absolute atomic E-state index is 13.6. The molecule has 3 aromatic carbocycles. The second-order valence-corrected chi connectivity index (χ2v) is 7.83. The highest BCUT2D eigenvalue weighted by Crippen LogP contribution is 2.22. The van der Waals surface area contributed by atoms with Crippen molar-refractivity contribution in [2.24, 2.45) is 0 Å². The summed E-state index contributed by atoms with van der Waals surface area (Å²) in [6.07, 6.45) is 3.72. The lowest BCUT2D eigenvalue weighted by atomic mass is 10.2.